The van der Waals surface area contributed by atoms with Gasteiger partial charge in [0.15, 0.2) is 0 Å². The zero-order valence-corrected chi connectivity index (χ0v) is 21.7. The Balaban J connectivity index is 1.54. The number of hydrogen-bond donors (Lipinski definition) is 1. The molecule has 0 radical (unpaired) electrons. The highest BCUT2D eigenvalue weighted by Gasteiger charge is 2.70. The molecule has 5 aliphatic rings. The van der Waals surface area contributed by atoms with Crippen LogP contribution >= 0.6 is 0 Å². The van der Waals surface area contributed by atoms with Crippen molar-refractivity contribution in [1.82, 2.24) is 0 Å². The lowest BCUT2D eigenvalue weighted by atomic mass is 9.32. The maximum atomic E-state index is 10.9. The van der Waals surface area contributed by atoms with Gasteiger partial charge in [-0.05, 0) is 128 Å². The van der Waals surface area contributed by atoms with E-state index < -0.39 is 0 Å². The molecule has 10 atom stereocenters. The van der Waals surface area contributed by atoms with Gasteiger partial charge in [0.2, 0.25) is 0 Å². The molecule has 5 fully saturated rings. The minimum Gasteiger partial charge on any atom is -0.393 e. The van der Waals surface area contributed by atoms with Gasteiger partial charge in [-0.15, -0.1) is 0 Å². The fourth-order valence-electron chi connectivity index (χ4n) is 11.5. The first-order valence-electron chi connectivity index (χ1n) is 13.6. The Morgan fingerprint density at radius 2 is 1.45 bits per heavy atom. The highest BCUT2D eigenvalue weighted by Crippen LogP contribution is 2.77. The van der Waals surface area contributed by atoms with E-state index in [9.17, 15) is 5.11 Å². The van der Waals surface area contributed by atoms with Crippen molar-refractivity contribution < 1.29 is 5.11 Å². The molecule has 0 aliphatic heterocycles. The topological polar surface area (TPSA) is 20.2 Å². The second-order valence-corrected chi connectivity index (χ2v) is 14.7. The summed E-state index contributed by atoms with van der Waals surface area (Å²) in [6, 6.07) is 0. The third kappa shape index (κ3) is 2.65. The van der Waals surface area contributed by atoms with Crippen LogP contribution < -0.4 is 0 Å². The van der Waals surface area contributed by atoms with Crippen molar-refractivity contribution in [2.75, 3.05) is 0 Å². The summed E-state index contributed by atoms with van der Waals surface area (Å²) in [6.07, 6.45) is 13.4. The molecule has 0 bridgehead atoms. The monoisotopic (exact) mass is 426 g/mol. The molecule has 1 N–H and O–H groups in total. The Morgan fingerprint density at radius 3 is 2.13 bits per heavy atom. The van der Waals surface area contributed by atoms with Gasteiger partial charge in [0, 0.05) is 0 Å². The van der Waals surface area contributed by atoms with Crippen molar-refractivity contribution in [2.45, 2.75) is 119 Å². The van der Waals surface area contributed by atoms with Crippen molar-refractivity contribution >= 4 is 0 Å². The second kappa shape index (κ2) is 6.64. The van der Waals surface area contributed by atoms with Gasteiger partial charge >= 0.3 is 0 Å². The van der Waals surface area contributed by atoms with Crippen molar-refractivity contribution in [1.29, 1.82) is 0 Å². The van der Waals surface area contributed by atoms with Gasteiger partial charge in [-0.2, -0.15) is 0 Å². The smallest absolute Gasteiger partial charge is 0.0594 e. The van der Waals surface area contributed by atoms with Crippen LogP contribution in [0.15, 0.2) is 12.2 Å². The van der Waals surface area contributed by atoms with Crippen LogP contribution in [0.4, 0.5) is 0 Å². The number of fused-ring (bicyclic) bond motifs is 7. The molecule has 176 valence electrons. The van der Waals surface area contributed by atoms with E-state index in [0.29, 0.717) is 27.6 Å². The predicted octanol–water partition coefficient (Wildman–Crippen LogP) is 8.02. The van der Waals surface area contributed by atoms with Gasteiger partial charge in [0.25, 0.3) is 0 Å². The van der Waals surface area contributed by atoms with Crippen LogP contribution in [0.2, 0.25) is 0 Å². The van der Waals surface area contributed by atoms with Crippen LogP contribution in [0.3, 0.4) is 0 Å². The molecule has 0 saturated heterocycles. The first-order valence-corrected chi connectivity index (χ1v) is 13.6. The van der Waals surface area contributed by atoms with E-state index in [4.69, 9.17) is 0 Å². The molecule has 0 aromatic carbocycles. The van der Waals surface area contributed by atoms with Crippen LogP contribution in [0, 0.1) is 56.7 Å². The average Bonchev–Trinajstić information content (AvgIpc) is 3.04. The summed E-state index contributed by atoms with van der Waals surface area (Å²) >= 11 is 0. The number of rotatable bonds is 1. The molecule has 0 amide bonds. The summed E-state index contributed by atoms with van der Waals surface area (Å²) in [7, 11) is 0. The quantitative estimate of drug-likeness (QED) is 0.421. The van der Waals surface area contributed by atoms with Crippen LogP contribution in [0.1, 0.15) is 113 Å². The van der Waals surface area contributed by atoms with E-state index in [0.717, 1.165) is 30.1 Å². The molecule has 0 aromatic heterocycles. The molecule has 0 spiro atoms. The van der Waals surface area contributed by atoms with Gasteiger partial charge in [-0.3, -0.25) is 0 Å². The SMILES string of the molecule is C=C(C)C1CC[C@]2(C)CC[C@]3(C)[C@H](CC[C@@H]4[C@@]5(C)CCC(O)C(C)(C)[C@@H]5CC[C@]43C)[C@@H]12. The Morgan fingerprint density at radius 1 is 0.742 bits per heavy atom. The van der Waals surface area contributed by atoms with Crippen molar-refractivity contribution in [2.24, 2.45) is 56.7 Å². The van der Waals surface area contributed by atoms with Gasteiger partial charge in [0.05, 0.1) is 6.10 Å². The molecule has 0 heterocycles. The summed E-state index contributed by atoms with van der Waals surface area (Å²) < 4.78 is 0. The number of aliphatic hydroxyl groups excluding tert-OH is 1. The minimum absolute atomic E-state index is 0.0632. The zero-order chi connectivity index (χ0) is 22.6. The van der Waals surface area contributed by atoms with Crippen molar-refractivity contribution in [3.05, 3.63) is 12.2 Å². The predicted molar refractivity (Wildman–Crippen MR) is 131 cm³/mol. The van der Waals surface area contributed by atoms with Gasteiger partial charge < -0.3 is 5.11 Å². The molecule has 31 heavy (non-hydrogen) atoms. The maximum absolute atomic E-state index is 10.9. The Labute approximate surface area is 192 Å². The van der Waals surface area contributed by atoms with Crippen LogP contribution in [-0.2, 0) is 0 Å². The zero-order valence-electron chi connectivity index (χ0n) is 21.7. The molecule has 5 aliphatic carbocycles. The molecule has 2 unspecified atom stereocenters. The lowest BCUT2D eigenvalue weighted by Crippen LogP contribution is -2.66. The Kier molecular flexibility index (Phi) is 4.82. The summed E-state index contributed by atoms with van der Waals surface area (Å²) in [5, 5.41) is 10.9. The summed E-state index contributed by atoms with van der Waals surface area (Å²) in [5.41, 5.74) is 3.38. The first kappa shape index (κ1) is 22.5. The van der Waals surface area contributed by atoms with Crippen LogP contribution in [0.5, 0.6) is 0 Å². The Bertz CT molecular complexity index is 766. The average molecular weight is 427 g/mol. The highest BCUT2D eigenvalue weighted by atomic mass is 16.3. The standard InChI is InChI=1S/C30H50O/c1-19(2)20-11-14-27(5)17-18-29(7)21(25(20)27)9-10-23-28(6)15-13-24(31)26(3,4)22(28)12-16-30(23,29)8/h20-25,31H,1,9-18H2,2-8H3/t20?,21-,22+,23-,24?,25-,27-,28+,29-,30-/m1/s1. The van der Waals surface area contributed by atoms with E-state index >= 15 is 0 Å². The summed E-state index contributed by atoms with van der Waals surface area (Å²) in [5.74, 6) is 3.98. The van der Waals surface area contributed by atoms with Crippen LogP contribution in [-0.4, -0.2) is 11.2 Å². The molecule has 5 rings (SSSR count). The van der Waals surface area contributed by atoms with Crippen LogP contribution in [0.25, 0.3) is 0 Å². The fraction of sp³-hybridized carbons (Fsp3) is 0.933. The maximum Gasteiger partial charge on any atom is 0.0594 e. The minimum atomic E-state index is -0.118. The number of hydrogen-bond acceptors (Lipinski definition) is 1. The van der Waals surface area contributed by atoms with E-state index in [-0.39, 0.29) is 11.5 Å². The first-order chi connectivity index (χ1) is 14.3. The third-order valence-corrected chi connectivity index (χ3v) is 13.5. The fourth-order valence-corrected chi connectivity index (χ4v) is 11.5. The van der Waals surface area contributed by atoms with Gasteiger partial charge in [-0.25, -0.2) is 0 Å². The molecule has 1 heteroatoms. The summed E-state index contributed by atoms with van der Waals surface area (Å²) in [6.45, 7) is 22.3. The van der Waals surface area contributed by atoms with E-state index in [1.54, 1.807) is 0 Å². The lowest BCUT2D eigenvalue weighted by Gasteiger charge is -2.73. The number of allylic oxidation sites excluding steroid dienone is 1. The van der Waals surface area contributed by atoms with E-state index in [1.807, 2.05) is 0 Å². The summed E-state index contributed by atoms with van der Waals surface area (Å²) in [4.78, 5) is 0. The van der Waals surface area contributed by atoms with Crippen molar-refractivity contribution in [3.63, 3.8) is 0 Å². The van der Waals surface area contributed by atoms with Gasteiger partial charge in [0.1, 0.15) is 0 Å². The molecule has 0 aromatic rings. The molecular weight excluding hydrogens is 376 g/mol. The van der Waals surface area contributed by atoms with Crippen molar-refractivity contribution in [3.8, 4) is 0 Å². The van der Waals surface area contributed by atoms with E-state index in [1.165, 1.54) is 63.4 Å². The molecule has 5 saturated carbocycles. The normalized spacial score (nSPS) is 57.9. The Hall–Kier alpha value is -0.300. The highest BCUT2D eigenvalue weighted by molar-refractivity contribution is 5.21. The lowest BCUT2D eigenvalue weighted by molar-refractivity contribution is -0.246. The molecular formula is C30H50O. The van der Waals surface area contributed by atoms with Gasteiger partial charge in [-0.1, -0.05) is 53.7 Å². The molecule has 1 nitrogen and oxygen atoms in total. The second-order valence-electron chi connectivity index (χ2n) is 14.7. The van der Waals surface area contributed by atoms with E-state index in [2.05, 4.69) is 55.0 Å². The number of aliphatic hydroxyl groups is 1. The third-order valence-electron chi connectivity index (χ3n) is 13.5. The largest absolute Gasteiger partial charge is 0.393 e.